The number of likely N-dealkylation sites (tertiary alicyclic amines) is 1. The molecule has 1 aliphatic heterocycles. The lowest BCUT2D eigenvalue weighted by Gasteiger charge is -2.33. The van der Waals surface area contributed by atoms with Crippen molar-refractivity contribution in [1.29, 1.82) is 0 Å². The van der Waals surface area contributed by atoms with Crippen LogP contribution in [0.5, 0.6) is 0 Å². The molecule has 1 aromatic carbocycles. The van der Waals surface area contributed by atoms with Gasteiger partial charge in [-0.3, -0.25) is 14.4 Å². The highest BCUT2D eigenvalue weighted by Crippen LogP contribution is 2.40. The zero-order valence-electron chi connectivity index (χ0n) is 15.5. The molecule has 3 atom stereocenters. The molecule has 1 saturated carbocycles. The van der Waals surface area contributed by atoms with Gasteiger partial charge in [0.25, 0.3) is 5.91 Å². The molecule has 3 unspecified atom stereocenters. The molecule has 0 aromatic heterocycles. The van der Waals surface area contributed by atoms with Crippen molar-refractivity contribution >= 4 is 29.3 Å². The van der Waals surface area contributed by atoms with Crippen molar-refractivity contribution in [3.05, 3.63) is 34.9 Å². The first-order valence-electron chi connectivity index (χ1n) is 9.57. The Hall–Kier alpha value is -2.08. The van der Waals surface area contributed by atoms with Crippen molar-refractivity contribution in [2.75, 3.05) is 13.6 Å². The van der Waals surface area contributed by atoms with Crippen LogP contribution >= 0.6 is 11.6 Å². The van der Waals surface area contributed by atoms with Crippen molar-refractivity contribution in [3.8, 4) is 0 Å². The average Bonchev–Trinajstić information content (AvgIpc) is 3.06. The third-order valence-corrected chi connectivity index (χ3v) is 5.86. The van der Waals surface area contributed by atoms with Gasteiger partial charge in [0.1, 0.15) is 6.04 Å². The molecule has 0 radical (unpaired) electrons. The molecule has 2 fully saturated rings. The molecule has 27 heavy (non-hydrogen) atoms. The normalized spacial score (nSPS) is 24.2. The molecule has 0 spiro atoms. The van der Waals surface area contributed by atoms with E-state index in [1.807, 2.05) is 0 Å². The van der Waals surface area contributed by atoms with E-state index in [9.17, 15) is 14.4 Å². The summed E-state index contributed by atoms with van der Waals surface area (Å²) in [6, 6.07) is 6.48. The first-order valence-corrected chi connectivity index (χ1v) is 9.95. The first-order chi connectivity index (χ1) is 13.0. The lowest BCUT2D eigenvalue weighted by atomic mass is 9.84. The fourth-order valence-electron chi connectivity index (χ4n) is 4.30. The monoisotopic (exact) mass is 391 g/mol. The Morgan fingerprint density at radius 1 is 1.22 bits per heavy atom. The largest absolute Gasteiger partial charge is 0.359 e. The Labute approximate surface area is 164 Å². The van der Waals surface area contributed by atoms with Crippen LogP contribution in [0.25, 0.3) is 0 Å². The zero-order valence-corrected chi connectivity index (χ0v) is 16.3. The van der Waals surface area contributed by atoms with E-state index in [2.05, 4.69) is 10.6 Å². The second-order valence-corrected chi connectivity index (χ2v) is 7.74. The van der Waals surface area contributed by atoms with Crippen molar-refractivity contribution in [2.45, 2.75) is 50.6 Å². The number of halogens is 1. The summed E-state index contributed by atoms with van der Waals surface area (Å²) in [5.41, 5.74) is 0.511. The Kier molecular flexibility index (Phi) is 6.37. The van der Waals surface area contributed by atoms with Crippen molar-refractivity contribution < 1.29 is 14.4 Å². The SMILES string of the molecule is CNC(=O)CCNC(=O)C1CC2CCCCC2N1C(=O)c1cccc(Cl)c1. The molecule has 1 heterocycles. The van der Waals surface area contributed by atoms with Gasteiger partial charge in [0.2, 0.25) is 11.8 Å². The van der Waals surface area contributed by atoms with E-state index in [4.69, 9.17) is 11.6 Å². The second-order valence-electron chi connectivity index (χ2n) is 7.30. The van der Waals surface area contributed by atoms with Crippen LogP contribution in [0.15, 0.2) is 24.3 Å². The minimum atomic E-state index is -0.491. The van der Waals surface area contributed by atoms with Gasteiger partial charge in [0.05, 0.1) is 0 Å². The lowest BCUT2D eigenvalue weighted by Crippen LogP contribution is -2.50. The maximum Gasteiger partial charge on any atom is 0.254 e. The van der Waals surface area contributed by atoms with Crippen molar-refractivity contribution in [3.63, 3.8) is 0 Å². The van der Waals surface area contributed by atoms with Gasteiger partial charge in [-0.15, -0.1) is 0 Å². The Morgan fingerprint density at radius 3 is 2.74 bits per heavy atom. The summed E-state index contributed by atoms with van der Waals surface area (Å²) in [5.74, 6) is -0.0825. The number of nitrogens with one attached hydrogen (secondary N) is 2. The quantitative estimate of drug-likeness (QED) is 0.808. The zero-order chi connectivity index (χ0) is 19.4. The third kappa shape index (κ3) is 4.43. The minimum absolute atomic E-state index is 0.0972. The molecule has 6 nitrogen and oxygen atoms in total. The number of hydrogen-bond donors (Lipinski definition) is 2. The van der Waals surface area contributed by atoms with Crippen LogP contribution in [0, 0.1) is 5.92 Å². The highest BCUT2D eigenvalue weighted by molar-refractivity contribution is 6.31. The summed E-state index contributed by atoms with van der Waals surface area (Å²) in [5, 5.41) is 5.87. The predicted octanol–water partition coefficient (Wildman–Crippen LogP) is 2.37. The molecule has 7 heteroatoms. The number of fused-ring (bicyclic) bond motifs is 1. The number of carbonyl (C=O) groups is 3. The van der Waals surface area contributed by atoms with Gasteiger partial charge in [-0.25, -0.2) is 0 Å². The fraction of sp³-hybridized carbons (Fsp3) is 0.550. The average molecular weight is 392 g/mol. The topological polar surface area (TPSA) is 78.5 Å². The summed E-state index contributed by atoms with van der Waals surface area (Å²) >= 11 is 6.06. The lowest BCUT2D eigenvalue weighted by molar-refractivity contribution is -0.125. The van der Waals surface area contributed by atoms with Gasteiger partial charge in [-0.05, 0) is 43.4 Å². The standard InChI is InChI=1S/C20H26ClN3O3/c1-22-18(25)9-10-23-19(26)17-12-13-5-2-3-8-16(13)24(17)20(27)14-6-4-7-15(21)11-14/h4,6-7,11,13,16-17H,2-3,5,8-10,12H2,1H3,(H,22,25)(H,23,26). The van der Waals surface area contributed by atoms with Gasteiger partial charge in [-0.1, -0.05) is 30.5 Å². The van der Waals surface area contributed by atoms with Crippen molar-refractivity contribution in [2.24, 2.45) is 5.92 Å². The highest BCUT2D eigenvalue weighted by Gasteiger charge is 2.47. The van der Waals surface area contributed by atoms with Gasteiger partial charge < -0.3 is 15.5 Å². The molecule has 2 aliphatic rings. The third-order valence-electron chi connectivity index (χ3n) is 5.63. The van der Waals surface area contributed by atoms with Gasteiger partial charge in [0.15, 0.2) is 0 Å². The van der Waals surface area contributed by atoms with E-state index in [0.29, 0.717) is 22.9 Å². The fourth-order valence-corrected chi connectivity index (χ4v) is 4.49. The minimum Gasteiger partial charge on any atom is -0.359 e. The van der Waals surface area contributed by atoms with E-state index >= 15 is 0 Å². The van der Waals surface area contributed by atoms with E-state index in [1.54, 1.807) is 36.2 Å². The molecule has 1 aliphatic carbocycles. The van der Waals surface area contributed by atoms with Crippen LogP contribution in [0.4, 0.5) is 0 Å². The molecular weight excluding hydrogens is 366 g/mol. The molecule has 0 bridgehead atoms. The number of carbonyl (C=O) groups excluding carboxylic acids is 3. The maximum atomic E-state index is 13.2. The van der Waals surface area contributed by atoms with Crippen molar-refractivity contribution in [1.82, 2.24) is 15.5 Å². The highest BCUT2D eigenvalue weighted by atomic mass is 35.5. The molecule has 2 N–H and O–H groups in total. The Morgan fingerprint density at radius 2 is 2.00 bits per heavy atom. The van der Waals surface area contributed by atoms with E-state index in [-0.39, 0.29) is 36.7 Å². The second kappa shape index (κ2) is 8.74. The predicted molar refractivity (Wildman–Crippen MR) is 103 cm³/mol. The molecular formula is C20H26ClN3O3. The number of rotatable bonds is 5. The van der Waals surface area contributed by atoms with Crippen LogP contribution in [-0.4, -0.2) is 48.3 Å². The van der Waals surface area contributed by atoms with E-state index in [0.717, 1.165) is 25.7 Å². The van der Waals surface area contributed by atoms with Gasteiger partial charge >= 0.3 is 0 Å². The Bertz CT molecular complexity index is 724. The molecule has 3 rings (SSSR count). The van der Waals surface area contributed by atoms with Gasteiger partial charge in [-0.2, -0.15) is 0 Å². The Balaban J connectivity index is 1.77. The molecule has 1 aromatic rings. The van der Waals surface area contributed by atoms with Crippen LogP contribution in [0.2, 0.25) is 5.02 Å². The van der Waals surface area contributed by atoms with E-state index < -0.39 is 6.04 Å². The number of nitrogens with zero attached hydrogens (tertiary/aromatic N) is 1. The van der Waals surface area contributed by atoms with Crippen LogP contribution in [0.3, 0.4) is 0 Å². The van der Waals surface area contributed by atoms with Crippen LogP contribution in [-0.2, 0) is 9.59 Å². The summed E-state index contributed by atoms with van der Waals surface area (Å²) in [4.78, 5) is 39.2. The maximum absolute atomic E-state index is 13.2. The molecule has 3 amide bonds. The molecule has 1 saturated heterocycles. The molecule has 146 valence electrons. The number of amides is 3. The summed E-state index contributed by atoms with van der Waals surface area (Å²) in [6.45, 7) is 0.267. The number of benzene rings is 1. The van der Waals surface area contributed by atoms with Crippen LogP contribution < -0.4 is 10.6 Å². The van der Waals surface area contributed by atoms with Crippen LogP contribution in [0.1, 0.15) is 48.9 Å². The van der Waals surface area contributed by atoms with Gasteiger partial charge in [0, 0.05) is 36.6 Å². The number of hydrogen-bond acceptors (Lipinski definition) is 3. The summed E-state index contributed by atoms with van der Waals surface area (Å²) < 4.78 is 0. The first kappa shape index (κ1) is 19.7. The summed E-state index contributed by atoms with van der Waals surface area (Å²) in [6.07, 6.45) is 5.11. The summed E-state index contributed by atoms with van der Waals surface area (Å²) in [7, 11) is 1.57. The smallest absolute Gasteiger partial charge is 0.254 e. The van der Waals surface area contributed by atoms with E-state index in [1.165, 1.54) is 0 Å².